The third-order valence-corrected chi connectivity index (χ3v) is 6.71. The molecule has 1 saturated carbocycles. The van der Waals surface area contributed by atoms with Crippen LogP contribution in [0.15, 0.2) is 79.4 Å². The second-order valence-electron chi connectivity index (χ2n) is 9.08. The number of hydrogen-bond acceptors (Lipinski definition) is 3. The van der Waals surface area contributed by atoms with Gasteiger partial charge in [0.1, 0.15) is 11.5 Å². The first-order valence-corrected chi connectivity index (χ1v) is 11.5. The van der Waals surface area contributed by atoms with Crippen molar-refractivity contribution < 1.29 is 22.4 Å². The van der Waals surface area contributed by atoms with Crippen LogP contribution in [0.2, 0.25) is 0 Å². The summed E-state index contributed by atoms with van der Waals surface area (Å²) in [4.78, 5) is 17.3. The van der Waals surface area contributed by atoms with Gasteiger partial charge >= 0.3 is 6.18 Å². The monoisotopic (exact) mass is 541 g/mol. The quantitative estimate of drug-likeness (QED) is 0.253. The van der Waals surface area contributed by atoms with E-state index in [2.05, 4.69) is 20.5 Å². The molecule has 11 heteroatoms. The number of halogens is 5. The van der Waals surface area contributed by atoms with Crippen molar-refractivity contribution in [3.05, 3.63) is 102 Å². The minimum atomic E-state index is -4.44. The summed E-state index contributed by atoms with van der Waals surface area (Å²) in [5, 5.41) is 9.56. The number of nitrogens with zero attached hydrogens (tertiary/aromatic N) is 3. The first-order chi connectivity index (χ1) is 17.7. The number of alkyl halides is 3. The highest BCUT2D eigenvalue weighted by Crippen LogP contribution is 2.46. The minimum absolute atomic E-state index is 0. The summed E-state index contributed by atoms with van der Waals surface area (Å²) < 4.78 is 55.7. The predicted octanol–water partition coefficient (Wildman–Crippen LogP) is 6.39. The van der Waals surface area contributed by atoms with Crippen LogP contribution in [0.4, 0.5) is 17.6 Å². The SMILES string of the molecule is Cl.O=C(NC1(c2ccc(C(F)(F)F)cc2)CC1)c1ccc(-c2cnc3ccc(-c4cn[nH]c4)cn23)cc1F. The fraction of sp³-hybridized carbons (Fsp3) is 0.148. The highest BCUT2D eigenvalue weighted by atomic mass is 35.5. The number of H-pyrrole nitrogens is 1. The van der Waals surface area contributed by atoms with Gasteiger partial charge in [-0.2, -0.15) is 18.3 Å². The minimum Gasteiger partial charge on any atom is -0.342 e. The number of aromatic nitrogens is 4. The second kappa shape index (κ2) is 9.29. The Morgan fingerprint density at radius 1 is 0.974 bits per heavy atom. The van der Waals surface area contributed by atoms with E-state index in [-0.39, 0.29) is 18.0 Å². The molecule has 3 aromatic heterocycles. The second-order valence-corrected chi connectivity index (χ2v) is 9.08. The molecule has 0 bridgehead atoms. The Morgan fingerprint density at radius 2 is 1.71 bits per heavy atom. The molecule has 0 radical (unpaired) electrons. The number of rotatable bonds is 5. The number of fused-ring (bicyclic) bond motifs is 1. The van der Waals surface area contributed by atoms with Gasteiger partial charge in [0, 0.05) is 29.1 Å². The summed E-state index contributed by atoms with van der Waals surface area (Å²) in [7, 11) is 0. The van der Waals surface area contributed by atoms with Gasteiger partial charge in [-0.3, -0.25) is 14.3 Å². The zero-order valence-electron chi connectivity index (χ0n) is 19.6. The van der Waals surface area contributed by atoms with Crippen molar-refractivity contribution in [3.63, 3.8) is 0 Å². The molecule has 1 aliphatic carbocycles. The van der Waals surface area contributed by atoms with Gasteiger partial charge in [-0.1, -0.05) is 18.2 Å². The van der Waals surface area contributed by atoms with E-state index in [1.807, 2.05) is 22.7 Å². The zero-order chi connectivity index (χ0) is 25.8. The van der Waals surface area contributed by atoms with Crippen molar-refractivity contribution in [2.75, 3.05) is 0 Å². The number of aromatic amines is 1. The Hall–Kier alpha value is -4.18. The maximum atomic E-state index is 15.1. The largest absolute Gasteiger partial charge is 0.416 e. The molecule has 38 heavy (non-hydrogen) atoms. The summed E-state index contributed by atoms with van der Waals surface area (Å²) in [5.41, 5.74) is 2.51. The summed E-state index contributed by atoms with van der Waals surface area (Å²) in [6, 6.07) is 12.8. The lowest BCUT2D eigenvalue weighted by atomic mass is 10.0. The Bertz CT molecular complexity index is 1620. The first kappa shape index (κ1) is 25.5. The average molecular weight is 542 g/mol. The molecule has 1 fully saturated rings. The molecule has 194 valence electrons. The predicted molar refractivity (Wildman–Crippen MR) is 135 cm³/mol. The fourth-order valence-corrected chi connectivity index (χ4v) is 4.51. The third-order valence-electron chi connectivity index (χ3n) is 6.71. The summed E-state index contributed by atoms with van der Waals surface area (Å²) in [6.07, 6.45) is 3.65. The van der Waals surface area contributed by atoms with Crippen molar-refractivity contribution in [2.24, 2.45) is 0 Å². The lowest BCUT2D eigenvalue weighted by Crippen LogP contribution is -2.35. The number of carbonyl (C=O) groups excluding carboxylic acids is 1. The van der Waals surface area contributed by atoms with Gasteiger partial charge in [-0.05, 0) is 54.8 Å². The van der Waals surface area contributed by atoms with E-state index < -0.39 is 29.0 Å². The summed E-state index contributed by atoms with van der Waals surface area (Å²) >= 11 is 0. The fourth-order valence-electron chi connectivity index (χ4n) is 4.51. The lowest BCUT2D eigenvalue weighted by Gasteiger charge is -2.19. The molecule has 0 spiro atoms. The van der Waals surface area contributed by atoms with Crippen molar-refractivity contribution in [3.8, 4) is 22.4 Å². The molecule has 0 unspecified atom stereocenters. The molecule has 6 nitrogen and oxygen atoms in total. The molecule has 0 saturated heterocycles. The van der Waals surface area contributed by atoms with Gasteiger partial charge in [0.15, 0.2) is 0 Å². The van der Waals surface area contributed by atoms with E-state index in [1.54, 1.807) is 24.7 Å². The van der Waals surface area contributed by atoms with Gasteiger partial charge < -0.3 is 5.32 Å². The van der Waals surface area contributed by atoms with Crippen LogP contribution in [0.1, 0.15) is 34.3 Å². The maximum absolute atomic E-state index is 15.1. The van der Waals surface area contributed by atoms with E-state index in [9.17, 15) is 18.0 Å². The Labute approximate surface area is 220 Å². The van der Waals surface area contributed by atoms with Crippen LogP contribution < -0.4 is 5.32 Å². The molecule has 6 rings (SSSR count). The van der Waals surface area contributed by atoms with E-state index in [4.69, 9.17) is 0 Å². The number of imidazole rings is 1. The van der Waals surface area contributed by atoms with Crippen LogP contribution in [0.5, 0.6) is 0 Å². The van der Waals surface area contributed by atoms with E-state index in [1.165, 1.54) is 24.3 Å². The molecule has 5 aromatic rings. The lowest BCUT2D eigenvalue weighted by molar-refractivity contribution is -0.137. The molecular weight excluding hydrogens is 522 g/mol. The van der Waals surface area contributed by atoms with E-state index >= 15 is 4.39 Å². The smallest absolute Gasteiger partial charge is 0.342 e. The molecule has 1 amide bonds. The van der Waals surface area contributed by atoms with E-state index in [0.29, 0.717) is 35.3 Å². The van der Waals surface area contributed by atoms with Crippen LogP contribution in [0.25, 0.3) is 28.0 Å². The van der Waals surface area contributed by atoms with Crippen LogP contribution in [0.3, 0.4) is 0 Å². The molecular formula is C27H20ClF4N5O. The summed E-state index contributed by atoms with van der Waals surface area (Å²) in [6.45, 7) is 0. The van der Waals surface area contributed by atoms with Crippen LogP contribution in [0, 0.1) is 5.82 Å². The van der Waals surface area contributed by atoms with Crippen LogP contribution in [-0.2, 0) is 11.7 Å². The first-order valence-electron chi connectivity index (χ1n) is 11.5. The third kappa shape index (κ3) is 4.51. The Balaban J connectivity index is 0.00000294. The van der Waals surface area contributed by atoms with Gasteiger partial charge in [-0.15, -0.1) is 12.4 Å². The molecule has 0 aliphatic heterocycles. The van der Waals surface area contributed by atoms with Gasteiger partial charge in [0.25, 0.3) is 5.91 Å². The molecule has 2 aromatic carbocycles. The Morgan fingerprint density at radius 3 is 2.34 bits per heavy atom. The number of carbonyl (C=O) groups is 1. The molecule has 3 heterocycles. The van der Waals surface area contributed by atoms with Gasteiger partial charge in [0.2, 0.25) is 0 Å². The van der Waals surface area contributed by atoms with Gasteiger partial charge in [-0.25, -0.2) is 9.37 Å². The van der Waals surface area contributed by atoms with E-state index in [0.717, 1.165) is 23.3 Å². The van der Waals surface area contributed by atoms with Crippen molar-refractivity contribution in [2.45, 2.75) is 24.6 Å². The standard InChI is InChI=1S/C27H19F4N5O.ClH/c28-22-11-16(23-14-32-24-8-2-17(15-36(23)24)18-12-33-34-13-18)1-7-21(22)25(37)35-26(9-10-26)19-3-5-20(6-4-19)27(29,30)31;/h1-8,11-15H,9-10H2,(H,33,34)(H,35,37);1H. The van der Waals surface area contributed by atoms with Crippen LogP contribution >= 0.6 is 12.4 Å². The molecule has 2 N–H and O–H groups in total. The highest BCUT2D eigenvalue weighted by molar-refractivity contribution is 5.96. The van der Waals surface area contributed by atoms with Gasteiger partial charge in [0.05, 0.1) is 34.8 Å². The van der Waals surface area contributed by atoms with Crippen molar-refractivity contribution in [1.29, 1.82) is 0 Å². The average Bonchev–Trinajstić information content (AvgIpc) is 3.27. The number of amides is 1. The topological polar surface area (TPSA) is 75.1 Å². The van der Waals surface area contributed by atoms with Crippen LogP contribution in [-0.4, -0.2) is 25.5 Å². The Kier molecular flexibility index (Phi) is 6.22. The number of benzene rings is 2. The molecule has 0 atom stereocenters. The normalized spacial score (nSPS) is 14.2. The number of pyridine rings is 1. The summed E-state index contributed by atoms with van der Waals surface area (Å²) in [5.74, 6) is -1.33. The van der Waals surface area contributed by atoms with Crippen molar-refractivity contribution >= 4 is 24.0 Å². The number of hydrogen-bond donors (Lipinski definition) is 2. The maximum Gasteiger partial charge on any atom is 0.416 e. The van der Waals surface area contributed by atoms with Crippen molar-refractivity contribution in [1.82, 2.24) is 24.9 Å². The highest BCUT2D eigenvalue weighted by Gasteiger charge is 2.46. The number of nitrogens with one attached hydrogen (secondary N) is 2. The molecule has 1 aliphatic rings. The zero-order valence-corrected chi connectivity index (χ0v) is 20.4.